The topological polar surface area (TPSA) is 56.5 Å². The van der Waals surface area contributed by atoms with Gasteiger partial charge < -0.3 is 9.30 Å². The normalized spacial score (nSPS) is 12.1. The fraction of sp³-hybridized carbons (Fsp3) is 0.562. The summed E-state index contributed by atoms with van der Waals surface area (Å²) in [6.07, 6.45) is 4.43. The van der Waals surface area contributed by atoms with E-state index in [0.29, 0.717) is 9.82 Å². The zero-order valence-corrected chi connectivity index (χ0v) is 15.3. The monoisotopic (exact) mass is 355 g/mol. The second kappa shape index (κ2) is 8.45. The number of amides is 1. The largest absolute Gasteiger partial charge is 0.451 e. The molecule has 0 aromatic carbocycles. The number of aromatic nitrogens is 2. The Morgan fingerprint density at radius 1 is 1.39 bits per heavy atom. The quantitative estimate of drug-likeness (QED) is 0.763. The van der Waals surface area contributed by atoms with Crippen molar-refractivity contribution in [3.63, 3.8) is 0 Å². The van der Waals surface area contributed by atoms with E-state index in [9.17, 15) is 4.79 Å². The third-order valence-corrected chi connectivity index (χ3v) is 4.74. The molecule has 0 aliphatic heterocycles. The van der Waals surface area contributed by atoms with Crippen molar-refractivity contribution in [1.82, 2.24) is 9.55 Å². The zero-order valence-electron chi connectivity index (χ0n) is 13.8. The molecule has 0 N–H and O–H groups in total. The van der Waals surface area contributed by atoms with Crippen LogP contribution in [-0.2, 0) is 17.7 Å². The third kappa shape index (κ3) is 4.32. The van der Waals surface area contributed by atoms with E-state index in [4.69, 9.17) is 21.3 Å². The number of ether oxygens (including phenoxy) is 1. The van der Waals surface area contributed by atoms with Crippen molar-refractivity contribution in [3.8, 4) is 0 Å². The van der Waals surface area contributed by atoms with Gasteiger partial charge in [0, 0.05) is 13.0 Å². The minimum atomic E-state index is -0.605. The van der Waals surface area contributed by atoms with Gasteiger partial charge in [-0.3, -0.25) is 0 Å². The number of thiophene rings is 1. The first-order valence-electron chi connectivity index (χ1n) is 7.92. The van der Waals surface area contributed by atoms with Gasteiger partial charge in [0.15, 0.2) is 5.49 Å². The Balaban J connectivity index is 2.71. The number of hydrogen-bond acceptors (Lipinski definition) is 4. The van der Waals surface area contributed by atoms with E-state index < -0.39 is 6.09 Å². The molecule has 0 saturated carbocycles. The van der Waals surface area contributed by atoms with Crippen LogP contribution in [0.1, 0.15) is 45.4 Å². The van der Waals surface area contributed by atoms with Crippen molar-refractivity contribution in [2.24, 2.45) is 4.99 Å². The van der Waals surface area contributed by atoms with Crippen LogP contribution in [0.3, 0.4) is 0 Å². The molecule has 0 aliphatic rings. The molecule has 0 unspecified atom stereocenters. The summed E-state index contributed by atoms with van der Waals surface area (Å²) in [5.74, 6) is 0.953. The van der Waals surface area contributed by atoms with Crippen LogP contribution in [-0.4, -0.2) is 22.8 Å². The molecule has 1 amide bonds. The Bertz CT molecular complexity index is 752. The number of methoxy groups -OCH3 is 1. The van der Waals surface area contributed by atoms with Gasteiger partial charge in [0.1, 0.15) is 10.7 Å². The summed E-state index contributed by atoms with van der Waals surface area (Å²) in [5, 5.41) is 0.807. The van der Waals surface area contributed by atoms with Gasteiger partial charge >= 0.3 is 6.09 Å². The van der Waals surface area contributed by atoms with Crippen LogP contribution < -0.4 is 5.49 Å². The molecule has 2 heterocycles. The van der Waals surface area contributed by atoms with E-state index >= 15 is 0 Å². The van der Waals surface area contributed by atoms with Gasteiger partial charge in [-0.2, -0.15) is 4.99 Å². The SMILES string of the molecule is CCCCc1nc2sc(Cl)cc2c(=NC(=O)OC)n1CCCC. The number of carbonyl (C=O) groups is 1. The highest BCUT2D eigenvalue weighted by atomic mass is 35.5. The number of nitrogens with zero attached hydrogens (tertiary/aromatic N) is 3. The molecule has 0 atom stereocenters. The lowest BCUT2D eigenvalue weighted by Crippen LogP contribution is -2.27. The third-order valence-electron chi connectivity index (χ3n) is 3.58. The van der Waals surface area contributed by atoms with E-state index in [2.05, 4.69) is 18.8 Å². The van der Waals surface area contributed by atoms with E-state index in [1.54, 1.807) is 0 Å². The summed E-state index contributed by atoms with van der Waals surface area (Å²) < 4.78 is 7.41. The first-order chi connectivity index (χ1) is 11.1. The number of aryl methyl sites for hydroxylation is 1. The van der Waals surface area contributed by atoms with Gasteiger partial charge in [-0.05, 0) is 18.9 Å². The standard InChI is InChI=1S/C16H22ClN3O2S/c1-4-6-8-13-18-15-11(10-12(17)23-15)14(19-16(21)22-3)20(13)9-7-5-2/h10H,4-9H2,1-3H3. The Labute approximate surface area is 145 Å². The van der Waals surface area contributed by atoms with Crippen LogP contribution >= 0.6 is 22.9 Å². The lowest BCUT2D eigenvalue weighted by atomic mass is 10.2. The van der Waals surface area contributed by atoms with Crippen molar-refractivity contribution >= 4 is 39.2 Å². The Hall–Kier alpha value is -1.40. The van der Waals surface area contributed by atoms with Crippen LogP contribution in [0.2, 0.25) is 4.34 Å². The smallest absolute Gasteiger partial charge is 0.435 e. The Kier molecular flexibility index (Phi) is 6.59. The number of hydrogen-bond donors (Lipinski definition) is 0. The Morgan fingerprint density at radius 2 is 2.13 bits per heavy atom. The highest BCUT2D eigenvalue weighted by Gasteiger charge is 2.13. The molecule has 2 aromatic heterocycles. The molecular weight excluding hydrogens is 334 g/mol. The average Bonchev–Trinajstić information content (AvgIpc) is 2.91. The van der Waals surface area contributed by atoms with Crippen LogP contribution in [0.15, 0.2) is 11.1 Å². The molecular formula is C16H22ClN3O2S. The second-order valence-electron chi connectivity index (χ2n) is 5.31. The second-order valence-corrected chi connectivity index (χ2v) is 6.97. The minimum absolute atomic E-state index is 0.601. The van der Waals surface area contributed by atoms with Gasteiger partial charge in [0.2, 0.25) is 0 Å². The van der Waals surface area contributed by atoms with Crippen molar-refractivity contribution < 1.29 is 9.53 Å². The highest BCUT2D eigenvalue weighted by molar-refractivity contribution is 7.22. The number of fused-ring (bicyclic) bond motifs is 1. The fourth-order valence-corrected chi connectivity index (χ4v) is 3.47. The lowest BCUT2D eigenvalue weighted by molar-refractivity contribution is 0.181. The highest BCUT2D eigenvalue weighted by Crippen LogP contribution is 2.26. The molecule has 0 fully saturated rings. The van der Waals surface area contributed by atoms with Crippen LogP contribution in [0.5, 0.6) is 0 Å². The lowest BCUT2D eigenvalue weighted by Gasteiger charge is -2.13. The molecule has 2 aromatic rings. The van der Waals surface area contributed by atoms with Crippen LogP contribution in [0.4, 0.5) is 4.79 Å². The van der Waals surface area contributed by atoms with E-state index in [-0.39, 0.29) is 0 Å². The molecule has 0 bridgehead atoms. The molecule has 2 rings (SSSR count). The van der Waals surface area contributed by atoms with Gasteiger partial charge in [0.25, 0.3) is 0 Å². The van der Waals surface area contributed by atoms with Gasteiger partial charge in [-0.15, -0.1) is 11.3 Å². The molecule has 126 valence electrons. The Morgan fingerprint density at radius 3 is 2.78 bits per heavy atom. The van der Waals surface area contributed by atoms with Crippen LogP contribution in [0.25, 0.3) is 10.2 Å². The van der Waals surface area contributed by atoms with Crippen LogP contribution in [0, 0.1) is 0 Å². The number of carbonyl (C=O) groups excluding carboxylic acids is 1. The summed E-state index contributed by atoms with van der Waals surface area (Å²) in [4.78, 5) is 21.5. The van der Waals surface area contributed by atoms with E-state index in [1.165, 1.54) is 18.4 Å². The number of unbranched alkanes of at least 4 members (excludes halogenated alkanes) is 2. The summed E-state index contributed by atoms with van der Waals surface area (Å²) >= 11 is 7.56. The molecule has 0 radical (unpaired) electrons. The van der Waals surface area contributed by atoms with Gasteiger partial charge in [0.05, 0.1) is 16.8 Å². The molecule has 23 heavy (non-hydrogen) atoms. The first kappa shape index (κ1) is 17.9. The molecule has 0 spiro atoms. The predicted octanol–water partition coefficient (Wildman–Crippen LogP) is 4.56. The molecule has 5 nitrogen and oxygen atoms in total. The number of rotatable bonds is 6. The summed E-state index contributed by atoms with van der Waals surface area (Å²) in [6.45, 7) is 5.06. The molecule has 0 aliphatic carbocycles. The molecule has 7 heteroatoms. The fourth-order valence-electron chi connectivity index (χ4n) is 2.37. The van der Waals surface area contributed by atoms with Crippen molar-refractivity contribution in [2.45, 2.75) is 52.5 Å². The van der Waals surface area contributed by atoms with Crippen molar-refractivity contribution in [2.75, 3.05) is 7.11 Å². The predicted molar refractivity (Wildman–Crippen MR) is 94.1 cm³/mol. The van der Waals surface area contributed by atoms with Crippen molar-refractivity contribution in [1.29, 1.82) is 0 Å². The summed E-state index contributed by atoms with van der Waals surface area (Å²) in [5.41, 5.74) is 0.601. The maximum Gasteiger partial charge on any atom is 0.435 e. The first-order valence-corrected chi connectivity index (χ1v) is 9.11. The minimum Gasteiger partial charge on any atom is -0.451 e. The number of halogens is 1. The zero-order chi connectivity index (χ0) is 16.8. The molecule has 0 saturated heterocycles. The summed E-state index contributed by atoms with van der Waals surface area (Å²) in [6, 6.07) is 1.82. The average molecular weight is 356 g/mol. The van der Waals surface area contributed by atoms with Crippen molar-refractivity contribution in [3.05, 3.63) is 21.7 Å². The van der Waals surface area contributed by atoms with Gasteiger partial charge in [-0.1, -0.05) is 38.3 Å². The van der Waals surface area contributed by atoms with Gasteiger partial charge in [-0.25, -0.2) is 9.78 Å². The van der Waals surface area contributed by atoms with E-state index in [1.807, 2.05) is 10.6 Å². The maximum absolute atomic E-state index is 11.7. The summed E-state index contributed by atoms with van der Waals surface area (Å²) in [7, 11) is 1.33. The van der Waals surface area contributed by atoms with E-state index in [0.717, 1.165) is 54.7 Å². The maximum atomic E-state index is 11.7.